The molecule has 12 heavy (non-hydrogen) atoms. The predicted octanol–water partition coefficient (Wildman–Crippen LogP) is 2.02. The molecular formula is C8H20NO2P. The van der Waals surface area contributed by atoms with E-state index in [2.05, 4.69) is 0 Å². The Morgan fingerprint density at radius 2 is 2.00 bits per heavy atom. The highest BCUT2D eigenvalue weighted by Crippen LogP contribution is 2.28. The fourth-order valence-electron chi connectivity index (χ4n) is 0.763. The second kappa shape index (κ2) is 7.78. The van der Waals surface area contributed by atoms with Crippen LogP contribution in [0.4, 0.5) is 0 Å². The average Bonchev–Trinajstić information content (AvgIpc) is 2.03. The van der Waals surface area contributed by atoms with Crippen LogP contribution in [0.1, 0.15) is 33.1 Å². The minimum absolute atomic E-state index is 0.171. The molecule has 2 N–H and O–H groups in total. The molecule has 4 heteroatoms. The highest BCUT2D eigenvalue weighted by atomic mass is 31.1. The molecule has 0 saturated carbocycles. The molecule has 0 bridgehead atoms. The third kappa shape index (κ3) is 6.84. The first kappa shape index (κ1) is 12.2. The van der Waals surface area contributed by atoms with E-state index >= 15 is 0 Å². The quantitative estimate of drug-likeness (QED) is 0.497. The van der Waals surface area contributed by atoms with Gasteiger partial charge in [0.1, 0.15) is 0 Å². The van der Waals surface area contributed by atoms with Crippen LogP contribution >= 0.6 is 8.03 Å². The number of unbranched alkanes of at least 4 members (excludes halogenated alkanes) is 2. The molecule has 0 aliphatic rings. The Labute approximate surface area is 75.5 Å². The summed E-state index contributed by atoms with van der Waals surface area (Å²) in [4.78, 5) is 0. The number of hydrogen-bond acceptors (Lipinski definition) is 3. The van der Waals surface area contributed by atoms with Crippen molar-refractivity contribution in [3.8, 4) is 0 Å². The first-order valence-electron chi connectivity index (χ1n) is 4.55. The zero-order valence-electron chi connectivity index (χ0n) is 8.01. The van der Waals surface area contributed by atoms with Crippen molar-refractivity contribution in [3.63, 3.8) is 0 Å². The van der Waals surface area contributed by atoms with Crippen LogP contribution in [-0.2, 0) is 9.09 Å². The second-order valence-corrected chi connectivity index (χ2v) is 5.25. The number of rotatable bonds is 7. The van der Waals surface area contributed by atoms with Gasteiger partial charge in [0.05, 0.1) is 6.61 Å². The SMILES string of the molecule is CC(C)[PH](=O)OCCCCCN. The molecule has 0 saturated heterocycles. The summed E-state index contributed by atoms with van der Waals surface area (Å²) >= 11 is 0. The van der Waals surface area contributed by atoms with Gasteiger partial charge in [0.25, 0.3) is 0 Å². The van der Waals surface area contributed by atoms with Gasteiger partial charge in [-0.2, -0.15) is 0 Å². The minimum Gasteiger partial charge on any atom is -0.330 e. The smallest absolute Gasteiger partial charge is 0.194 e. The Hall–Kier alpha value is 0.150. The lowest BCUT2D eigenvalue weighted by atomic mass is 10.2. The zero-order chi connectivity index (χ0) is 9.40. The van der Waals surface area contributed by atoms with Crippen molar-refractivity contribution in [2.75, 3.05) is 13.2 Å². The van der Waals surface area contributed by atoms with Gasteiger partial charge in [-0.25, -0.2) is 0 Å². The highest BCUT2D eigenvalue weighted by Gasteiger charge is 2.03. The van der Waals surface area contributed by atoms with Gasteiger partial charge in [-0.05, 0) is 25.8 Å². The topological polar surface area (TPSA) is 52.3 Å². The maximum absolute atomic E-state index is 11.1. The molecule has 3 nitrogen and oxygen atoms in total. The standard InChI is InChI=1S/C8H20NO2P/c1-8(2)12(10)11-7-5-3-4-6-9/h8,12H,3-7,9H2,1-2H3. The Morgan fingerprint density at radius 3 is 2.50 bits per heavy atom. The second-order valence-electron chi connectivity index (χ2n) is 3.17. The van der Waals surface area contributed by atoms with Crippen LogP contribution in [0.5, 0.6) is 0 Å². The van der Waals surface area contributed by atoms with Gasteiger partial charge < -0.3 is 10.3 Å². The van der Waals surface area contributed by atoms with Crippen molar-refractivity contribution in [2.45, 2.75) is 38.8 Å². The molecule has 74 valence electrons. The van der Waals surface area contributed by atoms with Gasteiger partial charge in [0, 0.05) is 5.66 Å². The van der Waals surface area contributed by atoms with E-state index in [9.17, 15) is 4.57 Å². The van der Waals surface area contributed by atoms with Crippen molar-refractivity contribution in [2.24, 2.45) is 5.73 Å². The third-order valence-electron chi connectivity index (χ3n) is 1.56. The minimum atomic E-state index is -1.77. The van der Waals surface area contributed by atoms with Crippen molar-refractivity contribution in [1.29, 1.82) is 0 Å². The van der Waals surface area contributed by atoms with Gasteiger partial charge >= 0.3 is 0 Å². The molecule has 0 rings (SSSR count). The molecular weight excluding hydrogens is 173 g/mol. The molecule has 1 atom stereocenters. The Kier molecular flexibility index (Phi) is 7.88. The lowest BCUT2D eigenvalue weighted by molar-refractivity contribution is 0.313. The molecule has 0 aromatic carbocycles. The molecule has 0 aromatic heterocycles. The predicted molar refractivity (Wildman–Crippen MR) is 53.0 cm³/mol. The fraction of sp³-hybridized carbons (Fsp3) is 1.00. The van der Waals surface area contributed by atoms with E-state index in [1.807, 2.05) is 13.8 Å². The van der Waals surface area contributed by atoms with Gasteiger partial charge in [-0.1, -0.05) is 13.8 Å². The summed E-state index contributed by atoms with van der Waals surface area (Å²) < 4.78 is 16.3. The van der Waals surface area contributed by atoms with Crippen LogP contribution in [0, 0.1) is 0 Å². The van der Waals surface area contributed by atoms with E-state index in [1.165, 1.54) is 0 Å². The van der Waals surface area contributed by atoms with Gasteiger partial charge in [0.2, 0.25) is 0 Å². The number of nitrogens with two attached hydrogens (primary N) is 1. The maximum Gasteiger partial charge on any atom is 0.194 e. The van der Waals surface area contributed by atoms with Crippen LogP contribution in [-0.4, -0.2) is 18.8 Å². The average molecular weight is 193 g/mol. The molecule has 0 amide bonds. The normalized spacial score (nSPS) is 13.7. The molecule has 0 aliphatic carbocycles. The van der Waals surface area contributed by atoms with E-state index in [0.717, 1.165) is 25.8 Å². The summed E-state index contributed by atoms with van der Waals surface area (Å²) in [6.45, 7) is 5.19. The van der Waals surface area contributed by atoms with Crippen LogP contribution in [0.3, 0.4) is 0 Å². The Balaban J connectivity index is 3.14. The van der Waals surface area contributed by atoms with Crippen LogP contribution in [0.25, 0.3) is 0 Å². The van der Waals surface area contributed by atoms with E-state index in [-0.39, 0.29) is 5.66 Å². The van der Waals surface area contributed by atoms with E-state index in [0.29, 0.717) is 6.61 Å². The molecule has 0 spiro atoms. The first-order chi connectivity index (χ1) is 5.68. The Morgan fingerprint density at radius 1 is 1.33 bits per heavy atom. The molecule has 1 unspecified atom stereocenters. The summed E-state index contributed by atoms with van der Waals surface area (Å²) in [5.41, 5.74) is 5.49. The zero-order valence-corrected chi connectivity index (χ0v) is 9.01. The third-order valence-corrected chi connectivity index (χ3v) is 3.00. The fourth-order valence-corrected chi connectivity index (χ4v) is 1.44. The Bertz CT molecular complexity index is 128. The molecule has 0 aliphatic heterocycles. The summed E-state index contributed by atoms with van der Waals surface area (Å²) in [5.74, 6) is 0. The van der Waals surface area contributed by atoms with Gasteiger partial charge in [-0.3, -0.25) is 4.57 Å². The molecule has 0 heterocycles. The largest absolute Gasteiger partial charge is 0.330 e. The molecule has 0 fully saturated rings. The molecule has 0 aromatic rings. The monoisotopic (exact) mass is 193 g/mol. The maximum atomic E-state index is 11.1. The molecule has 0 radical (unpaired) electrons. The van der Waals surface area contributed by atoms with Gasteiger partial charge in [-0.15, -0.1) is 0 Å². The lowest BCUT2D eigenvalue weighted by Gasteiger charge is -2.06. The summed E-state index contributed by atoms with van der Waals surface area (Å²) in [6, 6.07) is 0. The van der Waals surface area contributed by atoms with Crippen molar-refractivity contribution in [1.82, 2.24) is 0 Å². The van der Waals surface area contributed by atoms with Crippen molar-refractivity contribution >= 4 is 8.03 Å². The number of hydrogen-bond donors (Lipinski definition) is 1. The first-order valence-corrected chi connectivity index (χ1v) is 5.94. The summed E-state index contributed by atoms with van der Waals surface area (Å²) in [6.07, 6.45) is 3.08. The van der Waals surface area contributed by atoms with E-state index in [4.69, 9.17) is 10.3 Å². The highest BCUT2D eigenvalue weighted by molar-refractivity contribution is 7.39. The van der Waals surface area contributed by atoms with E-state index in [1.54, 1.807) is 0 Å². The van der Waals surface area contributed by atoms with Crippen LogP contribution in [0.15, 0.2) is 0 Å². The van der Waals surface area contributed by atoms with Crippen molar-refractivity contribution in [3.05, 3.63) is 0 Å². The van der Waals surface area contributed by atoms with Crippen LogP contribution in [0.2, 0.25) is 0 Å². The van der Waals surface area contributed by atoms with Crippen LogP contribution < -0.4 is 5.73 Å². The van der Waals surface area contributed by atoms with E-state index < -0.39 is 8.03 Å². The van der Waals surface area contributed by atoms with Crippen molar-refractivity contribution < 1.29 is 9.09 Å². The lowest BCUT2D eigenvalue weighted by Crippen LogP contribution is -1.99. The van der Waals surface area contributed by atoms with Gasteiger partial charge in [0.15, 0.2) is 8.03 Å². The summed E-state index contributed by atoms with van der Waals surface area (Å²) in [7, 11) is -1.77. The summed E-state index contributed by atoms with van der Waals surface area (Å²) in [5, 5.41) is 0.